The molecule has 0 aromatic carbocycles. The third-order valence-electron chi connectivity index (χ3n) is 2.96. The lowest BCUT2D eigenvalue weighted by molar-refractivity contribution is -0.123. The summed E-state index contributed by atoms with van der Waals surface area (Å²) < 4.78 is 0.761. The lowest BCUT2D eigenvalue weighted by Gasteiger charge is -2.28. The molecule has 0 saturated heterocycles. The van der Waals surface area contributed by atoms with Gasteiger partial charge in [0, 0.05) is 6.20 Å². The molecule has 0 atom stereocenters. The Hall–Kier alpha value is -0.900. The van der Waals surface area contributed by atoms with Gasteiger partial charge in [0.05, 0.1) is 5.41 Å². The van der Waals surface area contributed by atoms with Gasteiger partial charge in [-0.15, -0.1) is 0 Å². The molecule has 0 bridgehead atoms. The van der Waals surface area contributed by atoms with E-state index in [1.54, 1.807) is 6.20 Å². The third-order valence-corrected chi connectivity index (χ3v) is 3.43. The minimum atomic E-state index is -0.576. The van der Waals surface area contributed by atoms with E-state index >= 15 is 0 Å². The lowest BCUT2D eigenvalue weighted by atomic mass is 9.76. The summed E-state index contributed by atoms with van der Waals surface area (Å²) >= 11 is 3.27. The van der Waals surface area contributed by atoms with Crippen molar-refractivity contribution in [2.75, 3.05) is 0 Å². The third kappa shape index (κ3) is 2.20. The molecule has 1 rings (SSSR count). The van der Waals surface area contributed by atoms with Crippen molar-refractivity contribution in [2.45, 2.75) is 32.1 Å². The summed E-state index contributed by atoms with van der Waals surface area (Å²) in [5.41, 5.74) is 5.80. The fourth-order valence-corrected chi connectivity index (χ4v) is 2.04. The van der Waals surface area contributed by atoms with E-state index in [-0.39, 0.29) is 5.91 Å². The first-order valence-electron chi connectivity index (χ1n) is 4.98. The largest absolute Gasteiger partial charge is 0.369 e. The van der Waals surface area contributed by atoms with Crippen LogP contribution in [-0.2, 0) is 10.2 Å². The Kier molecular flexibility index (Phi) is 3.85. The molecule has 0 saturated carbocycles. The first-order chi connectivity index (χ1) is 7.06. The number of carbonyl (C=O) groups is 1. The summed E-state index contributed by atoms with van der Waals surface area (Å²) in [6.07, 6.45) is 3.10. The predicted octanol–water partition coefficient (Wildman–Crippen LogP) is 2.39. The van der Waals surface area contributed by atoms with Gasteiger partial charge in [-0.1, -0.05) is 19.9 Å². The summed E-state index contributed by atoms with van der Waals surface area (Å²) in [6.45, 7) is 3.94. The number of rotatable bonds is 4. The second-order valence-corrected chi connectivity index (χ2v) is 4.34. The van der Waals surface area contributed by atoms with Crippen LogP contribution in [0.4, 0.5) is 0 Å². The molecule has 2 N–H and O–H groups in total. The Morgan fingerprint density at radius 3 is 2.40 bits per heavy atom. The van der Waals surface area contributed by atoms with Gasteiger partial charge in [-0.2, -0.15) is 0 Å². The van der Waals surface area contributed by atoms with Crippen LogP contribution in [0.15, 0.2) is 22.9 Å². The molecule has 82 valence electrons. The van der Waals surface area contributed by atoms with Crippen LogP contribution < -0.4 is 5.73 Å². The van der Waals surface area contributed by atoms with Crippen LogP contribution in [-0.4, -0.2) is 10.9 Å². The topological polar surface area (TPSA) is 56.0 Å². The van der Waals surface area contributed by atoms with Crippen molar-refractivity contribution in [1.29, 1.82) is 0 Å². The molecule has 0 aliphatic rings. The van der Waals surface area contributed by atoms with Crippen LogP contribution in [0.25, 0.3) is 0 Å². The van der Waals surface area contributed by atoms with Crippen molar-refractivity contribution < 1.29 is 4.79 Å². The van der Waals surface area contributed by atoms with Crippen molar-refractivity contribution in [2.24, 2.45) is 5.73 Å². The van der Waals surface area contributed by atoms with E-state index < -0.39 is 5.41 Å². The SMILES string of the molecule is CCC(CC)(C(N)=O)c1ccc(Br)nc1. The minimum absolute atomic E-state index is 0.281. The highest BCUT2D eigenvalue weighted by atomic mass is 79.9. The number of primary amides is 1. The average molecular weight is 271 g/mol. The second kappa shape index (κ2) is 4.75. The first kappa shape index (κ1) is 12.2. The summed E-state index contributed by atoms with van der Waals surface area (Å²) in [7, 11) is 0. The number of nitrogens with zero attached hydrogens (tertiary/aromatic N) is 1. The molecule has 15 heavy (non-hydrogen) atoms. The molecule has 1 heterocycles. The molecule has 0 unspecified atom stereocenters. The number of pyridine rings is 1. The molecule has 4 heteroatoms. The number of carbonyl (C=O) groups excluding carboxylic acids is 1. The van der Waals surface area contributed by atoms with E-state index in [0.29, 0.717) is 12.8 Å². The quantitative estimate of drug-likeness (QED) is 0.855. The van der Waals surface area contributed by atoms with Gasteiger partial charge in [-0.25, -0.2) is 4.98 Å². The molecule has 0 aliphatic heterocycles. The van der Waals surface area contributed by atoms with E-state index in [1.807, 2.05) is 26.0 Å². The Labute approximate surface area is 98.2 Å². The van der Waals surface area contributed by atoms with Crippen molar-refractivity contribution in [3.8, 4) is 0 Å². The number of nitrogens with two attached hydrogens (primary N) is 1. The molecule has 0 aliphatic carbocycles. The van der Waals surface area contributed by atoms with Crippen LogP contribution in [0.2, 0.25) is 0 Å². The van der Waals surface area contributed by atoms with Crippen LogP contribution in [0.5, 0.6) is 0 Å². The number of hydrogen-bond donors (Lipinski definition) is 1. The molecule has 0 radical (unpaired) electrons. The number of aromatic nitrogens is 1. The maximum Gasteiger partial charge on any atom is 0.228 e. The van der Waals surface area contributed by atoms with E-state index in [0.717, 1.165) is 10.2 Å². The van der Waals surface area contributed by atoms with Crippen molar-refractivity contribution >= 4 is 21.8 Å². The monoisotopic (exact) mass is 270 g/mol. The smallest absolute Gasteiger partial charge is 0.228 e. The molecule has 1 amide bonds. The molecule has 0 spiro atoms. The summed E-state index contributed by atoms with van der Waals surface area (Å²) in [5.74, 6) is -0.281. The zero-order chi connectivity index (χ0) is 11.5. The standard InChI is InChI=1S/C11H15BrN2O/c1-3-11(4-2,10(13)15)8-5-6-9(12)14-7-8/h5-7H,3-4H2,1-2H3,(H2,13,15). The average Bonchev–Trinajstić information content (AvgIpc) is 2.22. The highest BCUT2D eigenvalue weighted by Crippen LogP contribution is 2.31. The van der Waals surface area contributed by atoms with E-state index in [9.17, 15) is 4.79 Å². The van der Waals surface area contributed by atoms with Gasteiger partial charge in [-0.3, -0.25) is 4.79 Å². The van der Waals surface area contributed by atoms with Gasteiger partial charge in [-0.05, 0) is 40.4 Å². The number of halogens is 1. The number of hydrogen-bond acceptors (Lipinski definition) is 2. The molecule has 0 fully saturated rings. The molecule has 1 aromatic rings. The molecule has 3 nitrogen and oxygen atoms in total. The van der Waals surface area contributed by atoms with E-state index in [4.69, 9.17) is 5.73 Å². The zero-order valence-electron chi connectivity index (χ0n) is 8.96. The minimum Gasteiger partial charge on any atom is -0.369 e. The Morgan fingerprint density at radius 2 is 2.07 bits per heavy atom. The lowest BCUT2D eigenvalue weighted by Crippen LogP contribution is -2.40. The highest BCUT2D eigenvalue weighted by molar-refractivity contribution is 9.10. The van der Waals surface area contributed by atoms with Gasteiger partial charge < -0.3 is 5.73 Å². The Bertz CT molecular complexity index is 344. The molecular formula is C11H15BrN2O. The normalized spacial score (nSPS) is 11.4. The summed E-state index contributed by atoms with van der Waals surface area (Å²) in [4.78, 5) is 15.7. The van der Waals surface area contributed by atoms with Gasteiger partial charge in [0.15, 0.2) is 0 Å². The van der Waals surface area contributed by atoms with Crippen LogP contribution in [0.3, 0.4) is 0 Å². The highest BCUT2D eigenvalue weighted by Gasteiger charge is 2.34. The summed E-state index contributed by atoms with van der Waals surface area (Å²) in [5, 5.41) is 0. The van der Waals surface area contributed by atoms with Gasteiger partial charge in [0.2, 0.25) is 5.91 Å². The van der Waals surface area contributed by atoms with Gasteiger partial charge >= 0.3 is 0 Å². The Balaban J connectivity index is 3.20. The van der Waals surface area contributed by atoms with E-state index in [1.165, 1.54) is 0 Å². The number of amides is 1. The van der Waals surface area contributed by atoms with Crippen molar-refractivity contribution in [3.63, 3.8) is 0 Å². The first-order valence-corrected chi connectivity index (χ1v) is 5.78. The van der Waals surface area contributed by atoms with Crippen LogP contribution in [0, 0.1) is 0 Å². The fraction of sp³-hybridized carbons (Fsp3) is 0.455. The Morgan fingerprint density at radius 1 is 1.47 bits per heavy atom. The van der Waals surface area contributed by atoms with E-state index in [2.05, 4.69) is 20.9 Å². The molecular weight excluding hydrogens is 256 g/mol. The summed E-state index contributed by atoms with van der Waals surface area (Å²) in [6, 6.07) is 3.73. The molecule has 1 aromatic heterocycles. The zero-order valence-corrected chi connectivity index (χ0v) is 10.5. The van der Waals surface area contributed by atoms with Gasteiger partial charge in [0.25, 0.3) is 0 Å². The van der Waals surface area contributed by atoms with Gasteiger partial charge in [0.1, 0.15) is 4.60 Å². The van der Waals surface area contributed by atoms with Crippen molar-refractivity contribution in [3.05, 3.63) is 28.5 Å². The second-order valence-electron chi connectivity index (χ2n) is 3.52. The fourth-order valence-electron chi connectivity index (χ4n) is 1.81. The maximum atomic E-state index is 11.6. The van der Waals surface area contributed by atoms with Crippen molar-refractivity contribution in [1.82, 2.24) is 4.98 Å². The van der Waals surface area contributed by atoms with Crippen LogP contribution >= 0.6 is 15.9 Å². The predicted molar refractivity (Wildman–Crippen MR) is 63.4 cm³/mol. The van der Waals surface area contributed by atoms with Crippen LogP contribution in [0.1, 0.15) is 32.3 Å². The maximum absolute atomic E-state index is 11.6.